The van der Waals surface area contributed by atoms with Crippen LogP contribution in [-0.2, 0) is 4.79 Å². The molecule has 2 N–H and O–H groups in total. The molecule has 0 radical (unpaired) electrons. The number of halogens is 1. The van der Waals surface area contributed by atoms with Gasteiger partial charge in [0, 0.05) is 11.6 Å². The van der Waals surface area contributed by atoms with Crippen molar-refractivity contribution in [3.63, 3.8) is 0 Å². The largest absolute Gasteiger partial charge is 0.497 e. The van der Waals surface area contributed by atoms with Gasteiger partial charge in [0.05, 0.1) is 19.7 Å². The van der Waals surface area contributed by atoms with Gasteiger partial charge in [0.2, 0.25) is 5.91 Å². The molecule has 118 valence electrons. The van der Waals surface area contributed by atoms with Crippen LogP contribution in [0.4, 0.5) is 0 Å². The van der Waals surface area contributed by atoms with E-state index in [0.29, 0.717) is 6.54 Å². The number of carbonyl (C=O) groups is 1. The Balaban J connectivity index is 0.00000220. The van der Waals surface area contributed by atoms with Crippen molar-refractivity contribution < 1.29 is 14.3 Å². The second kappa shape index (κ2) is 9.02. The molecule has 2 unspecified atom stereocenters. The molecule has 1 saturated heterocycles. The molecule has 0 aliphatic carbocycles. The van der Waals surface area contributed by atoms with Crippen molar-refractivity contribution in [2.75, 3.05) is 25.3 Å². The van der Waals surface area contributed by atoms with E-state index in [4.69, 9.17) is 9.47 Å². The standard InChI is InChI=1S/C14H20N2O3S.ClH/c1-10(7-15-14(17)13-8-20-9-16-13)19-12-5-3-11(18-2)4-6-12;/h3-6,10,13,16H,7-9H2,1-2H3,(H,15,17);1H. The van der Waals surface area contributed by atoms with Gasteiger partial charge in [-0.15, -0.1) is 24.2 Å². The molecule has 1 amide bonds. The van der Waals surface area contributed by atoms with Crippen molar-refractivity contribution in [2.24, 2.45) is 0 Å². The average molecular weight is 333 g/mol. The third-order valence-corrected chi connectivity index (χ3v) is 3.93. The van der Waals surface area contributed by atoms with E-state index in [0.717, 1.165) is 23.1 Å². The zero-order chi connectivity index (χ0) is 14.4. The topological polar surface area (TPSA) is 59.6 Å². The molecule has 1 heterocycles. The van der Waals surface area contributed by atoms with Crippen LogP contribution in [-0.4, -0.2) is 43.3 Å². The molecule has 1 aliphatic rings. The number of ether oxygens (including phenoxy) is 2. The molecule has 7 heteroatoms. The minimum atomic E-state index is -0.0820. The summed E-state index contributed by atoms with van der Waals surface area (Å²) in [5.41, 5.74) is 0. The lowest BCUT2D eigenvalue weighted by atomic mass is 10.3. The Hall–Kier alpha value is -1.11. The smallest absolute Gasteiger partial charge is 0.238 e. The molecule has 0 saturated carbocycles. The van der Waals surface area contributed by atoms with Crippen LogP contribution in [0, 0.1) is 0 Å². The first-order chi connectivity index (χ1) is 9.69. The third-order valence-electron chi connectivity index (χ3n) is 2.99. The van der Waals surface area contributed by atoms with Gasteiger partial charge >= 0.3 is 0 Å². The van der Waals surface area contributed by atoms with E-state index >= 15 is 0 Å². The number of amides is 1. The fraction of sp³-hybridized carbons (Fsp3) is 0.500. The molecule has 0 bridgehead atoms. The van der Waals surface area contributed by atoms with Gasteiger partial charge in [-0.05, 0) is 31.2 Å². The Morgan fingerprint density at radius 1 is 1.43 bits per heavy atom. The first-order valence-electron chi connectivity index (χ1n) is 6.58. The fourth-order valence-electron chi connectivity index (χ4n) is 1.86. The van der Waals surface area contributed by atoms with Gasteiger partial charge < -0.3 is 14.8 Å². The summed E-state index contributed by atoms with van der Waals surface area (Å²) in [5, 5.41) is 6.04. The molecule has 1 aliphatic heterocycles. The van der Waals surface area contributed by atoms with E-state index in [-0.39, 0.29) is 30.5 Å². The molecule has 2 rings (SSSR count). The first-order valence-corrected chi connectivity index (χ1v) is 7.74. The molecule has 5 nitrogen and oxygen atoms in total. The lowest BCUT2D eigenvalue weighted by Gasteiger charge is -2.17. The van der Waals surface area contributed by atoms with E-state index in [9.17, 15) is 4.79 Å². The van der Waals surface area contributed by atoms with E-state index in [1.165, 1.54) is 0 Å². The highest BCUT2D eigenvalue weighted by molar-refractivity contribution is 7.99. The molecular formula is C14H21ClN2O3S. The summed E-state index contributed by atoms with van der Waals surface area (Å²) < 4.78 is 10.8. The lowest BCUT2D eigenvalue weighted by molar-refractivity contribution is -0.122. The number of hydrogen-bond donors (Lipinski definition) is 2. The van der Waals surface area contributed by atoms with Crippen LogP contribution >= 0.6 is 24.2 Å². The van der Waals surface area contributed by atoms with Crippen molar-refractivity contribution in [3.8, 4) is 11.5 Å². The van der Waals surface area contributed by atoms with Crippen molar-refractivity contribution in [3.05, 3.63) is 24.3 Å². The third kappa shape index (κ3) is 5.65. The van der Waals surface area contributed by atoms with Crippen LogP contribution in [0.15, 0.2) is 24.3 Å². The Morgan fingerprint density at radius 3 is 2.67 bits per heavy atom. The Kier molecular flexibility index (Phi) is 7.71. The van der Waals surface area contributed by atoms with Gasteiger partial charge in [-0.2, -0.15) is 0 Å². The van der Waals surface area contributed by atoms with Crippen molar-refractivity contribution in [1.82, 2.24) is 10.6 Å². The van der Waals surface area contributed by atoms with Gasteiger partial charge in [0.1, 0.15) is 17.6 Å². The van der Waals surface area contributed by atoms with Gasteiger partial charge in [-0.1, -0.05) is 0 Å². The van der Waals surface area contributed by atoms with Crippen LogP contribution in [0.5, 0.6) is 11.5 Å². The maximum Gasteiger partial charge on any atom is 0.238 e. The predicted molar refractivity (Wildman–Crippen MR) is 87.6 cm³/mol. The van der Waals surface area contributed by atoms with E-state index < -0.39 is 0 Å². The Labute approximate surface area is 135 Å². The normalized spacial score (nSPS) is 18.5. The SMILES string of the molecule is COc1ccc(OC(C)CNC(=O)C2CSCN2)cc1.Cl. The van der Waals surface area contributed by atoms with Crippen molar-refractivity contribution >= 4 is 30.1 Å². The molecule has 1 aromatic carbocycles. The zero-order valence-electron chi connectivity index (χ0n) is 12.1. The lowest BCUT2D eigenvalue weighted by Crippen LogP contribution is -2.44. The van der Waals surface area contributed by atoms with Gasteiger partial charge in [0.25, 0.3) is 0 Å². The summed E-state index contributed by atoms with van der Waals surface area (Å²) in [6, 6.07) is 7.33. The van der Waals surface area contributed by atoms with Gasteiger partial charge in [-0.3, -0.25) is 10.1 Å². The minimum absolute atomic E-state index is 0. The number of methoxy groups -OCH3 is 1. The molecule has 1 aromatic rings. The van der Waals surface area contributed by atoms with E-state index in [2.05, 4.69) is 10.6 Å². The molecular weight excluding hydrogens is 312 g/mol. The maximum absolute atomic E-state index is 11.8. The second-order valence-corrected chi connectivity index (χ2v) is 5.65. The summed E-state index contributed by atoms with van der Waals surface area (Å²) in [5.74, 6) is 3.28. The van der Waals surface area contributed by atoms with Gasteiger partial charge in [0.15, 0.2) is 0 Å². The van der Waals surface area contributed by atoms with Crippen LogP contribution < -0.4 is 20.1 Å². The van der Waals surface area contributed by atoms with Gasteiger partial charge in [-0.25, -0.2) is 0 Å². The van der Waals surface area contributed by atoms with Crippen LogP contribution in [0.1, 0.15) is 6.92 Å². The van der Waals surface area contributed by atoms with Crippen molar-refractivity contribution in [1.29, 1.82) is 0 Å². The fourth-order valence-corrected chi connectivity index (χ4v) is 2.80. The summed E-state index contributed by atoms with van der Waals surface area (Å²) in [4.78, 5) is 11.8. The highest BCUT2D eigenvalue weighted by Gasteiger charge is 2.22. The first kappa shape index (κ1) is 17.9. The second-order valence-electron chi connectivity index (χ2n) is 4.62. The maximum atomic E-state index is 11.8. The van der Waals surface area contributed by atoms with Crippen LogP contribution in [0.2, 0.25) is 0 Å². The summed E-state index contributed by atoms with van der Waals surface area (Å²) in [6.07, 6.45) is -0.0820. The predicted octanol–water partition coefficient (Wildman–Crippen LogP) is 1.66. The number of hydrogen-bond acceptors (Lipinski definition) is 5. The quantitative estimate of drug-likeness (QED) is 0.829. The number of nitrogens with one attached hydrogen (secondary N) is 2. The summed E-state index contributed by atoms with van der Waals surface area (Å²) >= 11 is 1.74. The number of carbonyl (C=O) groups excluding carboxylic acids is 1. The Morgan fingerprint density at radius 2 is 2.10 bits per heavy atom. The summed E-state index contributed by atoms with van der Waals surface area (Å²) in [6.45, 7) is 2.43. The van der Waals surface area contributed by atoms with E-state index in [1.807, 2.05) is 31.2 Å². The summed E-state index contributed by atoms with van der Waals surface area (Å²) in [7, 11) is 1.63. The number of benzene rings is 1. The average Bonchev–Trinajstić information content (AvgIpc) is 3.00. The molecule has 0 spiro atoms. The zero-order valence-corrected chi connectivity index (χ0v) is 13.8. The highest BCUT2D eigenvalue weighted by atomic mass is 35.5. The van der Waals surface area contributed by atoms with Crippen LogP contribution in [0.25, 0.3) is 0 Å². The minimum Gasteiger partial charge on any atom is -0.497 e. The number of rotatable bonds is 6. The Bertz CT molecular complexity index is 438. The van der Waals surface area contributed by atoms with Crippen LogP contribution in [0.3, 0.4) is 0 Å². The molecule has 1 fully saturated rings. The molecule has 0 aromatic heterocycles. The molecule has 2 atom stereocenters. The molecule has 21 heavy (non-hydrogen) atoms. The van der Waals surface area contributed by atoms with E-state index in [1.54, 1.807) is 18.9 Å². The monoisotopic (exact) mass is 332 g/mol. The number of thioether (sulfide) groups is 1. The van der Waals surface area contributed by atoms with Crippen molar-refractivity contribution in [2.45, 2.75) is 19.1 Å². The highest BCUT2D eigenvalue weighted by Crippen LogP contribution is 2.18.